The van der Waals surface area contributed by atoms with E-state index in [1.54, 1.807) is 18.2 Å². The van der Waals surface area contributed by atoms with Crippen molar-refractivity contribution in [1.82, 2.24) is 9.62 Å². The lowest BCUT2D eigenvalue weighted by Gasteiger charge is -2.10. The maximum Gasteiger partial charge on any atom is 0.240 e. The summed E-state index contributed by atoms with van der Waals surface area (Å²) < 4.78 is 25.3. The van der Waals surface area contributed by atoms with Crippen LogP contribution in [0.3, 0.4) is 0 Å². The maximum absolute atomic E-state index is 11.5. The average molecular weight is 228 g/mol. The van der Waals surface area contributed by atoms with E-state index in [1.807, 2.05) is 25.1 Å². The first-order valence-corrected chi connectivity index (χ1v) is 6.11. The largest absolute Gasteiger partial charge is 0.305 e. The van der Waals surface area contributed by atoms with E-state index >= 15 is 0 Å². The van der Waals surface area contributed by atoms with Gasteiger partial charge in [0.25, 0.3) is 0 Å². The predicted octanol–water partition coefficient (Wildman–Crippen LogP) is 0.656. The van der Waals surface area contributed by atoms with Crippen molar-refractivity contribution in [3.05, 3.63) is 29.8 Å². The molecule has 0 aliphatic heterocycles. The van der Waals surface area contributed by atoms with Crippen LogP contribution < -0.4 is 4.72 Å². The van der Waals surface area contributed by atoms with Gasteiger partial charge in [0, 0.05) is 6.54 Å². The molecule has 5 heteroatoms. The van der Waals surface area contributed by atoms with E-state index in [-0.39, 0.29) is 0 Å². The molecule has 0 heterocycles. The number of rotatable bonds is 4. The number of nitrogens with zero attached hydrogens (tertiary/aromatic N) is 1. The number of nitrogens with one attached hydrogen (secondary N) is 1. The first-order chi connectivity index (χ1) is 6.95. The van der Waals surface area contributed by atoms with Gasteiger partial charge < -0.3 is 4.90 Å². The number of hydrogen-bond acceptors (Lipinski definition) is 3. The monoisotopic (exact) mass is 228 g/mol. The van der Waals surface area contributed by atoms with Crippen molar-refractivity contribution in [1.29, 1.82) is 0 Å². The van der Waals surface area contributed by atoms with E-state index in [4.69, 9.17) is 0 Å². The van der Waals surface area contributed by atoms with Crippen molar-refractivity contribution in [3.63, 3.8) is 0 Å². The third kappa shape index (κ3) is 3.30. The zero-order chi connectivity index (χ0) is 11.5. The highest BCUT2D eigenvalue weighted by Gasteiger charge is 2.11. The van der Waals surface area contributed by atoms with Gasteiger partial charge in [-0.1, -0.05) is 12.1 Å². The molecule has 0 saturated carbocycles. The SMILES string of the molecule is CNS(=O)(=O)c1cccc(CN(C)C)c1. The predicted molar refractivity (Wildman–Crippen MR) is 60.1 cm³/mol. The van der Waals surface area contributed by atoms with Crippen molar-refractivity contribution < 1.29 is 8.42 Å². The molecule has 1 aromatic rings. The van der Waals surface area contributed by atoms with Crippen molar-refractivity contribution >= 4 is 10.0 Å². The van der Waals surface area contributed by atoms with Crippen LogP contribution in [0.15, 0.2) is 29.2 Å². The van der Waals surface area contributed by atoms with Crippen LogP contribution in [0.4, 0.5) is 0 Å². The minimum absolute atomic E-state index is 0.310. The summed E-state index contributed by atoms with van der Waals surface area (Å²) in [7, 11) is 1.97. The highest BCUT2D eigenvalue weighted by atomic mass is 32.2. The second-order valence-electron chi connectivity index (χ2n) is 3.59. The molecule has 0 atom stereocenters. The Morgan fingerprint density at radius 2 is 2.00 bits per heavy atom. The Hall–Kier alpha value is -0.910. The lowest BCUT2D eigenvalue weighted by atomic mass is 10.2. The molecule has 0 fully saturated rings. The summed E-state index contributed by atoms with van der Waals surface area (Å²) in [5.41, 5.74) is 0.983. The van der Waals surface area contributed by atoms with E-state index in [0.29, 0.717) is 4.90 Å². The maximum atomic E-state index is 11.5. The Kier molecular flexibility index (Phi) is 3.84. The Morgan fingerprint density at radius 3 is 2.53 bits per heavy atom. The molecule has 0 unspecified atom stereocenters. The van der Waals surface area contributed by atoms with Gasteiger partial charge in [-0.2, -0.15) is 0 Å². The molecule has 0 aliphatic rings. The summed E-state index contributed by atoms with van der Waals surface area (Å²) in [6.07, 6.45) is 0. The molecule has 0 radical (unpaired) electrons. The van der Waals surface area contributed by atoms with E-state index < -0.39 is 10.0 Å². The van der Waals surface area contributed by atoms with Gasteiger partial charge in [-0.25, -0.2) is 13.1 Å². The normalized spacial score (nSPS) is 12.0. The summed E-state index contributed by atoms with van der Waals surface area (Å²) >= 11 is 0. The minimum atomic E-state index is -3.33. The molecule has 1 aromatic carbocycles. The standard InChI is InChI=1S/C10H16N2O2S/c1-11-15(13,14)10-6-4-5-9(7-10)8-12(2)3/h4-7,11H,8H2,1-3H3. The van der Waals surface area contributed by atoms with Gasteiger partial charge in [-0.05, 0) is 38.8 Å². The van der Waals surface area contributed by atoms with E-state index in [0.717, 1.165) is 12.1 Å². The van der Waals surface area contributed by atoms with Crippen LogP contribution in [0, 0.1) is 0 Å². The fourth-order valence-corrected chi connectivity index (χ4v) is 2.09. The fourth-order valence-electron chi connectivity index (χ4n) is 1.29. The molecule has 4 nitrogen and oxygen atoms in total. The number of benzene rings is 1. The van der Waals surface area contributed by atoms with E-state index in [1.165, 1.54) is 7.05 Å². The molecule has 0 saturated heterocycles. The fraction of sp³-hybridized carbons (Fsp3) is 0.400. The highest BCUT2D eigenvalue weighted by Crippen LogP contribution is 2.11. The summed E-state index contributed by atoms with van der Waals surface area (Å²) in [6.45, 7) is 0.729. The Morgan fingerprint density at radius 1 is 1.33 bits per heavy atom. The molecule has 0 aromatic heterocycles. The van der Waals surface area contributed by atoms with Gasteiger partial charge in [0.05, 0.1) is 4.90 Å². The molecular formula is C10H16N2O2S. The molecule has 0 amide bonds. The van der Waals surface area contributed by atoms with Crippen molar-refractivity contribution in [2.24, 2.45) is 0 Å². The second-order valence-corrected chi connectivity index (χ2v) is 5.48. The molecule has 0 spiro atoms. The van der Waals surface area contributed by atoms with Crippen LogP contribution in [0.1, 0.15) is 5.56 Å². The lowest BCUT2D eigenvalue weighted by molar-refractivity contribution is 0.402. The third-order valence-corrected chi connectivity index (χ3v) is 3.39. The van der Waals surface area contributed by atoms with Gasteiger partial charge >= 0.3 is 0 Å². The van der Waals surface area contributed by atoms with Crippen molar-refractivity contribution in [2.75, 3.05) is 21.1 Å². The van der Waals surface area contributed by atoms with Gasteiger partial charge in [0.2, 0.25) is 10.0 Å². The molecule has 1 rings (SSSR count). The Balaban J connectivity index is 3.03. The van der Waals surface area contributed by atoms with Crippen LogP contribution in [0.5, 0.6) is 0 Å². The third-order valence-electron chi connectivity index (χ3n) is 1.98. The zero-order valence-corrected chi connectivity index (χ0v) is 10.0. The van der Waals surface area contributed by atoms with E-state index in [9.17, 15) is 8.42 Å². The summed E-state index contributed by atoms with van der Waals surface area (Å²) in [5, 5.41) is 0. The van der Waals surface area contributed by atoms with Crippen LogP contribution in [0.25, 0.3) is 0 Å². The van der Waals surface area contributed by atoms with Crippen LogP contribution in [0.2, 0.25) is 0 Å². The van der Waals surface area contributed by atoms with Crippen molar-refractivity contribution in [3.8, 4) is 0 Å². The van der Waals surface area contributed by atoms with Gasteiger partial charge in [0.15, 0.2) is 0 Å². The number of sulfonamides is 1. The lowest BCUT2D eigenvalue weighted by Crippen LogP contribution is -2.19. The van der Waals surface area contributed by atoms with Gasteiger partial charge in [-0.15, -0.1) is 0 Å². The van der Waals surface area contributed by atoms with E-state index in [2.05, 4.69) is 4.72 Å². The second kappa shape index (κ2) is 4.74. The minimum Gasteiger partial charge on any atom is -0.305 e. The topological polar surface area (TPSA) is 49.4 Å². The average Bonchev–Trinajstić information content (AvgIpc) is 2.17. The first kappa shape index (κ1) is 12.2. The quantitative estimate of drug-likeness (QED) is 0.823. The van der Waals surface area contributed by atoms with Crippen LogP contribution >= 0.6 is 0 Å². The zero-order valence-electron chi connectivity index (χ0n) is 9.19. The molecule has 84 valence electrons. The van der Waals surface area contributed by atoms with Crippen LogP contribution in [-0.2, 0) is 16.6 Å². The number of hydrogen-bond donors (Lipinski definition) is 1. The molecular weight excluding hydrogens is 212 g/mol. The molecule has 0 aliphatic carbocycles. The highest BCUT2D eigenvalue weighted by molar-refractivity contribution is 7.89. The summed E-state index contributed by atoms with van der Waals surface area (Å²) in [6, 6.07) is 6.94. The Bertz CT molecular complexity index is 427. The summed E-state index contributed by atoms with van der Waals surface area (Å²) in [4.78, 5) is 2.30. The summed E-state index contributed by atoms with van der Waals surface area (Å²) in [5.74, 6) is 0. The first-order valence-electron chi connectivity index (χ1n) is 4.63. The molecule has 1 N–H and O–H groups in total. The Labute approximate surface area is 91.0 Å². The van der Waals surface area contributed by atoms with Crippen molar-refractivity contribution in [2.45, 2.75) is 11.4 Å². The van der Waals surface area contributed by atoms with Gasteiger partial charge in [-0.3, -0.25) is 0 Å². The van der Waals surface area contributed by atoms with Gasteiger partial charge in [0.1, 0.15) is 0 Å². The molecule has 15 heavy (non-hydrogen) atoms. The smallest absolute Gasteiger partial charge is 0.240 e. The molecule has 0 bridgehead atoms. The van der Waals surface area contributed by atoms with Crippen LogP contribution in [-0.4, -0.2) is 34.5 Å².